The third-order valence-electron chi connectivity index (χ3n) is 4.47. The van der Waals surface area contributed by atoms with Gasteiger partial charge >= 0.3 is 0 Å². The summed E-state index contributed by atoms with van der Waals surface area (Å²) in [5.41, 5.74) is 1.12. The highest BCUT2D eigenvalue weighted by atomic mass is 32.1. The summed E-state index contributed by atoms with van der Waals surface area (Å²) in [5.74, 6) is 1.26. The molecule has 1 aliphatic rings. The first-order chi connectivity index (χ1) is 11.1. The van der Waals surface area contributed by atoms with Crippen LogP contribution in [0.1, 0.15) is 37.6 Å². The smallest absolute Gasteiger partial charge is 0.275 e. The number of rotatable bonds is 5. The van der Waals surface area contributed by atoms with Crippen molar-refractivity contribution in [3.05, 3.63) is 29.3 Å². The molecule has 0 unspecified atom stereocenters. The first kappa shape index (κ1) is 16.4. The number of quaternary nitrogens is 1. The summed E-state index contributed by atoms with van der Waals surface area (Å²) in [6.07, 6.45) is 2.26. The monoisotopic (exact) mass is 332 g/mol. The highest BCUT2D eigenvalue weighted by Crippen LogP contribution is 2.31. The number of hydrogen-bond acceptors (Lipinski definition) is 3. The van der Waals surface area contributed by atoms with Crippen molar-refractivity contribution in [2.75, 3.05) is 26.2 Å². The van der Waals surface area contributed by atoms with E-state index in [4.69, 9.17) is 4.98 Å². The lowest BCUT2D eigenvalue weighted by Crippen LogP contribution is -3.14. The van der Waals surface area contributed by atoms with E-state index < -0.39 is 0 Å². The van der Waals surface area contributed by atoms with Crippen LogP contribution in [0.5, 0.6) is 0 Å². The van der Waals surface area contributed by atoms with Crippen LogP contribution in [-0.4, -0.2) is 37.1 Å². The van der Waals surface area contributed by atoms with Crippen molar-refractivity contribution < 1.29 is 9.69 Å². The Morgan fingerprint density at radius 2 is 2.09 bits per heavy atom. The van der Waals surface area contributed by atoms with E-state index in [1.807, 2.05) is 17.4 Å². The Morgan fingerprint density at radius 1 is 1.35 bits per heavy atom. The summed E-state index contributed by atoms with van der Waals surface area (Å²) in [6.45, 7) is 7.76. The van der Waals surface area contributed by atoms with E-state index in [0.29, 0.717) is 18.4 Å². The van der Waals surface area contributed by atoms with Gasteiger partial charge in [-0.3, -0.25) is 4.79 Å². The Hall–Kier alpha value is -1.46. The van der Waals surface area contributed by atoms with Crippen LogP contribution in [-0.2, 0) is 4.79 Å². The number of hydrogen-bond donors (Lipinski definition) is 2. The summed E-state index contributed by atoms with van der Waals surface area (Å²) >= 11 is 1.83. The zero-order valence-electron chi connectivity index (χ0n) is 14.0. The van der Waals surface area contributed by atoms with Gasteiger partial charge in [0.25, 0.3) is 5.91 Å². The van der Waals surface area contributed by atoms with Crippen LogP contribution < -0.4 is 10.2 Å². The number of carbonyl (C=O) groups excluding carboxylic acids is 1. The van der Waals surface area contributed by atoms with Crippen LogP contribution in [0.4, 0.5) is 0 Å². The molecule has 3 rings (SSSR count). The molecule has 0 saturated carbocycles. The molecule has 0 aliphatic carbocycles. The summed E-state index contributed by atoms with van der Waals surface area (Å²) in [5, 5.41) is 4.29. The summed E-state index contributed by atoms with van der Waals surface area (Å²) < 4.78 is 1.28. The molecule has 4 nitrogen and oxygen atoms in total. The van der Waals surface area contributed by atoms with Gasteiger partial charge in [0, 0.05) is 25.3 Å². The van der Waals surface area contributed by atoms with Gasteiger partial charge in [-0.15, -0.1) is 11.3 Å². The summed E-state index contributed by atoms with van der Waals surface area (Å²) in [7, 11) is 0. The first-order valence-corrected chi connectivity index (χ1v) is 9.39. The molecule has 1 amide bonds. The molecule has 0 radical (unpaired) electrons. The molecule has 1 aliphatic heterocycles. The molecule has 1 aromatic heterocycles. The Kier molecular flexibility index (Phi) is 5.28. The highest BCUT2D eigenvalue weighted by molar-refractivity contribution is 7.18. The van der Waals surface area contributed by atoms with Crippen molar-refractivity contribution in [1.29, 1.82) is 0 Å². The fourth-order valence-electron chi connectivity index (χ4n) is 3.12. The molecule has 1 saturated heterocycles. The van der Waals surface area contributed by atoms with Crippen molar-refractivity contribution >= 4 is 27.5 Å². The molecule has 2 N–H and O–H groups in total. The molecule has 0 spiro atoms. The van der Waals surface area contributed by atoms with Crippen LogP contribution in [0.3, 0.4) is 0 Å². The Morgan fingerprint density at radius 3 is 2.78 bits per heavy atom. The van der Waals surface area contributed by atoms with Gasteiger partial charge in [0.2, 0.25) is 0 Å². The number of thiazole rings is 1. The van der Waals surface area contributed by atoms with E-state index in [-0.39, 0.29) is 5.91 Å². The molecule has 1 aromatic carbocycles. The van der Waals surface area contributed by atoms with Gasteiger partial charge in [-0.05, 0) is 18.1 Å². The van der Waals surface area contributed by atoms with Gasteiger partial charge in [0.1, 0.15) is 0 Å². The lowest BCUT2D eigenvalue weighted by atomic mass is 9.97. The number of piperidine rings is 1. The maximum Gasteiger partial charge on any atom is 0.275 e. The molecular weight excluding hydrogens is 306 g/mol. The minimum Gasteiger partial charge on any atom is -0.351 e. The molecular formula is C18H26N3OS+. The average Bonchev–Trinajstić information content (AvgIpc) is 2.97. The SMILES string of the molecule is CC(C)CNC(=O)C[NH+]1CCC(c2nc3ccccc3s2)CC1. The second-order valence-electron chi connectivity index (χ2n) is 6.92. The van der Waals surface area contributed by atoms with E-state index in [0.717, 1.165) is 38.0 Å². The predicted octanol–water partition coefficient (Wildman–Crippen LogP) is 1.83. The number of amides is 1. The van der Waals surface area contributed by atoms with E-state index in [2.05, 4.69) is 37.4 Å². The fourth-order valence-corrected chi connectivity index (χ4v) is 4.26. The number of para-hydroxylation sites is 1. The third-order valence-corrected chi connectivity index (χ3v) is 5.67. The number of carbonyl (C=O) groups is 1. The second-order valence-corrected chi connectivity index (χ2v) is 7.98. The molecule has 2 aromatic rings. The van der Waals surface area contributed by atoms with E-state index in [1.165, 1.54) is 14.6 Å². The van der Waals surface area contributed by atoms with Crippen molar-refractivity contribution in [2.45, 2.75) is 32.6 Å². The molecule has 2 heterocycles. The van der Waals surface area contributed by atoms with Crippen LogP contribution in [0.15, 0.2) is 24.3 Å². The van der Waals surface area contributed by atoms with Gasteiger partial charge < -0.3 is 10.2 Å². The van der Waals surface area contributed by atoms with Crippen LogP contribution in [0.2, 0.25) is 0 Å². The second kappa shape index (κ2) is 7.41. The lowest BCUT2D eigenvalue weighted by Gasteiger charge is -2.27. The average molecular weight is 332 g/mol. The van der Waals surface area contributed by atoms with E-state index in [9.17, 15) is 4.79 Å². The Balaban J connectivity index is 1.51. The van der Waals surface area contributed by atoms with Crippen LogP contribution in [0, 0.1) is 5.92 Å². The van der Waals surface area contributed by atoms with Crippen molar-refractivity contribution in [3.8, 4) is 0 Å². The maximum absolute atomic E-state index is 11.9. The van der Waals surface area contributed by atoms with Crippen molar-refractivity contribution in [3.63, 3.8) is 0 Å². The Bertz CT molecular complexity index is 626. The van der Waals surface area contributed by atoms with Gasteiger partial charge in [-0.2, -0.15) is 0 Å². The van der Waals surface area contributed by atoms with E-state index in [1.54, 1.807) is 0 Å². The Labute approximate surface area is 141 Å². The number of benzene rings is 1. The molecule has 0 atom stereocenters. The zero-order valence-corrected chi connectivity index (χ0v) is 14.8. The molecule has 124 valence electrons. The molecule has 23 heavy (non-hydrogen) atoms. The van der Waals surface area contributed by atoms with E-state index >= 15 is 0 Å². The fraction of sp³-hybridized carbons (Fsp3) is 0.556. The van der Waals surface area contributed by atoms with Crippen LogP contribution in [0.25, 0.3) is 10.2 Å². The van der Waals surface area contributed by atoms with Crippen molar-refractivity contribution in [1.82, 2.24) is 10.3 Å². The lowest BCUT2D eigenvalue weighted by molar-refractivity contribution is -0.897. The number of likely N-dealkylation sites (tertiary alicyclic amines) is 1. The minimum absolute atomic E-state index is 0.187. The zero-order chi connectivity index (χ0) is 16.2. The maximum atomic E-state index is 11.9. The van der Waals surface area contributed by atoms with Gasteiger partial charge in [-0.1, -0.05) is 26.0 Å². The number of aromatic nitrogens is 1. The topological polar surface area (TPSA) is 46.4 Å². The highest BCUT2D eigenvalue weighted by Gasteiger charge is 2.26. The third kappa shape index (κ3) is 4.30. The normalized spacial score (nSPS) is 21.7. The van der Waals surface area contributed by atoms with Crippen LogP contribution >= 0.6 is 11.3 Å². The molecule has 1 fully saturated rings. The largest absolute Gasteiger partial charge is 0.351 e. The number of nitrogens with one attached hydrogen (secondary N) is 2. The summed E-state index contributed by atoms with van der Waals surface area (Å²) in [4.78, 5) is 18.1. The predicted molar refractivity (Wildman–Crippen MR) is 95.0 cm³/mol. The number of fused-ring (bicyclic) bond motifs is 1. The van der Waals surface area contributed by atoms with Gasteiger partial charge in [0.05, 0.1) is 28.3 Å². The van der Waals surface area contributed by atoms with Gasteiger partial charge in [0.15, 0.2) is 6.54 Å². The van der Waals surface area contributed by atoms with Gasteiger partial charge in [-0.25, -0.2) is 4.98 Å². The molecule has 0 bridgehead atoms. The molecule has 5 heteroatoms. The number of nitrogens with zero attached hydrogens (tertiary/aromatic N) is 1. The quantitative estimate of drug-likeness (QED) is 0.877. The minimum atomic E-state index is 0.187. The first-order valence-electron chi connectivity index (χ1n) is 8.57. The standard InChI is InChI=1S/C18H25N3OS/c1-13(2)11-19-17(22)12-21-9-7-14(8-10-21)18-20-15-5-3-4-6-16(15)23-18/h3-6,13-14H,7-12H2,1-2H3,(H,19,22)/p+1. The summed E-state index contributed by atoms with van der Waals surface area (Å²) in [6, 6.07) is 8.37. The van der Waals surface area contributed by atoms with Crippen molar-refractivity contribution in [2.24, 2.45) is 5.92 Å².